The van der Waals surface area contributed by atoms with Gasteiger partial charge in [0.25, 0.3) is 0 Å². The van der Waals surface area contributed by atoms with E-state index >= 15 is 0 Å². The van der Waals surface area contributed by atoms with Crippen molar-refractivity contribution < 1.29 is 14.3 Å². The third-order valence-corrected chi connectivity index (χ3v) is 8.43. The van der Waals surface area contributed by atoms with E-state index in [9.17, 15) is 4.79 Å². The third-order valence-electron chi connectivity index (χ3n) is 8.43. The standard InChI is InChI=1S/C29H38N6O3/c1-29(2)8-7-23(38-29)17-37-22-6-4-5-20(13-22)24-15-35(28-26(24)27(30)31-18-32-28)21-11-19(12-21)14-34-10-9-33(3)25(36)16-34/h4-6,13,15,18-19,21,23H,7-12,14,16-17H2,1-3H3,(H2,30,31,32). The minimum absolute atomic E-state index is 0.0717. The topological polar surface area (TPSA) is 98.7 Å². The molecular formula is C29H38N6O3. The van der Waals surface area contributed by atoms with Gasteiger partial charge in [-0.2, -0.15) is 0 Å². The van der Waals surface area contributed by atoms with Crippen molar-refractivity contribution in [2.75, 3.05) is 45.6 Å². The first kappa shape index (κ1) is 25.1. The Morgan fingerprint density at radius 1 is 1.21 bits per heavy atom. The molecule has 1 amide bonds. The van der Waals surface area contributed by atoms with Crippen molar-refractivity contribution in [1.82, 2.24) is 24.3 Å². The fraction of sp³-hybridized carbons (Fsp3) is 0.552. The number of hydrogen-bond donors (Lipinski definition) is 1. The van der Waals surface area contributed by atoms with Gasteiger partial charge in [0.05, 0.1) is 23.6 Å². The SMILES string of the molecule is CN1CCN(CC2CC(n3cc(-c4cccc(OCC5CCC(C)(C)O5)c4)c4c(N)ncnc43)C2)CC1=O. The zero-order valence-electron chi connectivity index (χ0n) is 22.6. The summed E-state index contributed by atoms with van der Waals surface area (Å²) < 4.78 is 14.5. The smallest absolute Gasteiger partial charge is 0.236 e. The number of ether oxygens (including phenoxy) is 2. The molecule has 1 aliphatic carbocycles. The molecule has 0 bridgehead atoms. The monoisotopic (exact) mass is 518 g/mol. The second kappa shape index (κ2) is 9.85. The molecule has 1 saturated carbocycles. The molecule has 9 nitrogen and oxygen atoms in total. The number of hydrogen-bond acceptors (Lipinski definition) is 7. The van der Waals surface area contributed by atoms with Crippen LogP contribution < -0.4 is 10.5 Å². The van der Waals surface area contributed by atoms with Gasteiger partial charge in [-0.05, 0) is 63.1 Å². The summed E-state index contributed by atoms with van der Waals surface area (Å²) in [5, 5.41) is 0.888. The zero-order valence-corrected chi connectivity index (χ0v) is 22.6. The fourth-order valence-corrected chi connectivity index (χ4v) is 6.15. The highest BCUT2D eigenvalue weighted by Crippen LogP contribution is 2.43. The minimum atomic E-state index is -0.0717. The van der Waals surface area contributed by atoms with Crippen molar-refractivity contribution >= 4 is 22.8 Å². The molecular weight excluding hydrogens is 480 g/mol. The molecule has 3 fully saturated rings. The summed E-state index contributed by atoms with van der Waals surface area (Å²) >= 11 is 0. The number of amides is 1. The van der Waals surface area contributed by atoms with Gasteiger partial charge in [0, 0.05) is 44.5 Å². The predicted octanol–water partition coefficient (Wildman–Crippen LogP) is 3.74. The maximum Gasteiger partial charge on any atom is 0.236 e. The van der Waals surface area contributed by atoms with E-state index in [0.29, 0.717) is 30.9 Å². The highest BCUT2D eigenvalue weighted by atomic mass is 16.6. The normalized spacial score (nSPS) is 25.6. The molecule has 1 aromatic carbocycles. The Balaban J connectivity index is 1.18. The van der Waals surface area contributed by atoms with Crippen molar-refractivity contribution in [3.8, 4) is 16.9 Å². The highest BCUT2D eigenvalue weighted by Gasteiger charge is 2.35. The van der Waals surface area contributed by atoms with Crippen LogP contribution in [0.2, 0.25) is 0 Å². The van der Waals surface area contributed by atoms with E-state index in [4.69, 9.17) is 15.2 Å². The van der Waals surface area contributed by atoms with E-state index in [2.05, 4.69) is 51.6 Å². The third kappa shape index (κ3) is 4.97. The molecule has 3 aliphatic rings. The number of carbonyl (C=O) groups excluding carboxylic acids is 1. The average Bonchev–Trinajstić information content (AvgIpc) is 3.42. The van der Waals surface area contributed by atoms with E-state index in [1.54, 1.807) is 6.33 Å². The van der Waals surface area contributed by atoms with Crippen molar-refractivity contribution in [3.05, 3.63) is 36.8 Å². The van der Waals surface area contributed by atoms with E-state index in [1.807, 2.05) is 24.1 Å². The van der Waals surface area contributed by atoms with Gasteiger partial charge in [0.1, 0.15) is 30.1 Å². The number of likely N-dealkylation sites (N-methyl/N-ethyl adjacent to an activating group) is 1. The number of nitrogens with zero attached hydrogens (tertiary/aromatic N) is 5. The summed E-state index contributed by atoms with van der Waals surface area (Å²) in [6.45, 7) is 8.07. The zero-order chi connectivity index (χ0) is 26.4. The molecule has 2 N–H and O–H groups in total. The molecule has 38 heavy (non-hydrogen) atoms. The largest absolute Gasteiger partial charge is 0.491 e. The van der Waals surface area contributed by atoms with Crippen LogP contribution in [0.25, 0.3) is 22.2 Å². The van der Waals surface area contributed by atoms with E-state index in [1.165, 1.54) is 0 Å². The fourth-order valence-electron chi connectivity index (χ4n) is 6.15. The molecule has 202 valence electrons. The first-order valence-electron chi connectivity index (χ1n) is 13.7. The van der Waals surface area contributed by atoms with Crippen molar-refractivity contribution in [1.29, 1.82) is 0 Å². The number of benzene rings is 1. The molecule has 4 heterocycles. The van der Waals surface area contributed by atoms with Crippen LogP contribution in [-0.4, -0.2) is 81.8 Å². The summed E-state index contributed by atoms with van der Waals surface area (Å²) in [5.41, 5.74) is 9.25. The molecule has 2 saturated heterocycles. The Kier molecular flexibility index (Phi) is 6.52. The van der Waals surface area contributed by atoms with Crippen LogP contribution >= 0.6 is 0 Å². The molecule has 1 atom stereocenters. The molecule has 0 radical (unpaired) electrons. The van der Waals surface area contributed by atoms with Gasteiger partial charge in [0.2, 0.25) is 5.91 Å². The first-order valence-corrected chi connectivity index (χ1v) is 13.7. The summed E-state index contributed by atoms with van der Waals surface area (Å²) in [6.07, 6.45) is 8.04. The predicted molar refractivity (Wildman–Crippen MR) is 147 cm³/mol. The minimum Gasteiger partial charge on any atom is -0.491 e. The molecule has 9 heteroatoms. The Morgan fingerprint density at radius 3 is 2.82 bits per heavy atom. The summed E-state index contributed by atoms with van der Waals surface area (Å²) in [4.78, 5) is 25.1. The number of rotatable bonds is 7. The lowest BCUT2D eigenvalue weighted by molar-refractivity contribution is -0.134. The van der Waals surface area contributed by atoms with Gasteiger partial charge in [-0.3, -0.25) is 9.69 Å². The van der Waals surface area contributed by atoms with Gasteiger partial charge in [-0.1, -0.05) is 12.1 Å². The summed E-state index contributed by atoms with van der Waals surface area (Å²) in [5.74, 6) is 2.10. The highest BCUT2D eigenvalue weighted by molar-refractivity contribution is 6.00. The number of nitrogens with two attached hydrogens (primary N) is 1. The van der Waals surface area contributed by atoms with Crippen LogP contribution in [0.1, 0.15) is 45.6 Å². The lowest BCUT2D eigenvalue weighted by atomic mass is 9.79. The quantitative estimate of drug-likeness (QED) is 0.509. The molecule has 6 rings (SSSR count). The number of aromatic nitrogens is 3. The second-order valence-corrected chi connectivity index (χ2v) is 11.8. The van der Waals surface area contributed by atoms with E-state index in [-0.39, 0.29) is 17.6 Å². The molecule has 2 aliphatic heterocycles. The lowest BCUT2D eigenvalue weighted by Crippen LogP contribution is -2.50. The van der Waals surface area contributed by atoms with Crippen LogP contribution in [0, 0.1) is 5.92 Å². The van der Waals surface area contributed by atoms with Crippen LogP contribution in [0.3, 0.4) is 0 Å². The van der Waals surface area contributed by atoms with E-state index < -0.39 is 0 Å². The van der Waals surface area contributed by atoms with Gasteiger partial charge in [-0.25, -0.2) is 9.97 Å². The van der Waals surface area contributed by atoms with Gasteiger partial charge in [0.15, 0.2) is 0 Å². The van der Waals surface area contributed by atoms with E-state index in [0.717, 1.165) is 73.2 Å². The van der Waals surface area contributed by atoms with Crippen LogP contribution in [0.5, 0.6) is 5.75 Å². The lowest BCUT2D eigenvalue weighted by Gasteiger charge is -2.41. The molecule has 3 aromatic rings. The Morgan fingerprint density at radius 2 is 2.05 bits per heavy atom. The van der Waals surface area contributed by atoms with Gasteiger partial charge < -0.3 is 24.7 Å². The number of carbonyl (C=O) groups is 1. The van der Waals surface area contributed by atoms with Gasteiger partial charge >= 0.3 is 0 Å². The number of piperazine rings is 1. The van der Waals surface area contributed by atoms with Gasteiger partial charge in [-0.15, -0.1) is 0 Å². The number of fused-ring (bicyclic) bond motifs is 1. The van der Waals surface area contributed by atoms with Crippen LogP contribution in [0.4, 0.5) is 5.82 Å². The summed E-state index contributed by atoms with van der Waals surface area (Å²) in [6, 6.07) is 8.52. The molecule has 1 unspecified atom stereocenters. The van der Waals surface area contributed by atoms with Crippen molar-refractivity contribution in [2.45, 2.75) is 57.3 Å². The molecule has 2 aromatic heterocycles. The Hall–Kier alpha value is -3.17. The van der Waals surface area contributed by atoms with Crippen molar-refractivity contribution in [3.63, 3.8) is 0 Å². The summed E-state index contributed by atoms with van der Waals surface area (Å²) in [7, 11) is 1.88. The Labute approximate surface area is 223 Å². The average molecular weight is 519 g/mol. The Bertz CT molecular complexity index is 1330. The molecule has 0 spiro atoms. The number of nitrogen functional groups attached to an aromatic ring is 1. The second-order valence-electron chi connectivity index (χ2n) is 11.8. The first-order chi connectivity index (χ1) is 18.3. The number of anilines is 1. The van der Waals surface area contributed by atoms with Crippen LogP contribution in [0.15, 0.2) is 36.8 Å². The van der Waals surface area contributed by atoms with Crippen LogP contribution in [-0.2, 0) is 9.53 Å². The maximum atomic E-state index is 12.1. The maximum absolute atomic E-state index is 12.1. The van der Waals surface area contributed by atoms with Crippen molar-refractivity contribution in [2.24, 2.45) is 5.92 Å².